The summed E-state index contributed by atoms with van der Waals surface area (Å²) in [7, 11) is 0. The van der Waals surface area contributed by atoms with Crippen molar-refractivity contribution >= 4 is 6.29 Å². The zero-order valence-electron chi connectivity index (χ0n) is 8.13. The molecule has 0 fully saturated rings. The van der Waals surface area contributed by atoms with Gasteiger partial charge in [0.1, 0.15) is 6.29 Å². The van der Waals surface area contributed by atoms with E-state index in [1.54, 1.807) is 6.92 Å². The summed E-state index contributed by atoms with van der Waals surface area (Å²) in [5.41, 5.74) is -0.0752. The molecule has 0 aliphatic rings. The topological polar surface area (TPSA) is 35.5 Å². The zero-order valence-corrected chi connectivity index (χ0v) is 8.13. The number of carbonyl (C=O) groups is 1. The number of hydrogen-bond donors (Lipinski definition) is 0. The van der Waals surface area contributed by atoms with Crippen molar-refractivity contribution in [2.45, 2.75) is 6.92 Å². The molecule has 0 saturated heterocycles. The molecule has 0 radical (unpaired) electrons. The van der Waals surface area contributed by atoms with E-state index < -0.39 is 17.4 Å². The van der Waals surface area contributed by atoms with Crippen molar-refractivity contribution in [2.75, 3.05) is 13.4 Å². The molecule has 3 nitrogen and oxygen atoms in total. The van der Waals surface area contributed by atoms with E-state index in [2.05, 4.69) is 0 Å². The lowest BCUT2D eigenvalue weighted by Gasteiger charge is -2.08. The number of hydrogen-bond acceptors (Lipinski definition) is 3. The minimum Gasteiger partial charge on any atom is -0.461 e. The van der Waals surface area contributed by atoms with Gasteiger partial charge in [-0.1, -0.05) is 0 Å². The van der Waals surface area contributed by atoms with Crippen LogP contribution in [0.5, 0.6) is 5.75 Å². The zero-order chi connectivity index (χ0) is 11.3. The standard InChI is InChI=1S/C10H10F2O3/c1-2-14-6-15-10-8(11)3-7(5-13)4-9(10)12/h3-5H,2,6H2,1H3. The summed E-state index contributed by atoms with van der Waals surface area (Å²) in [6, 6.07) is 1.80. The number of rotatable bonds is 5. The van der Waals surface area contributed by atoms with E-state index in [1.807, 2.05) is 0 Å². The predicted octanol–water partition coefficient (Wildman–Crippen LogP) is 2.15. The van der Waals surface area contributed by atoms with Gasteiger partial charge in [-0.05, 0) is 19.1 Å². The Kier molecular flexibility index (Phi) is 4.17. The van der Waals surface area contributed by atoms with Gasteiger partial charge in [-0.15, -0.1) is 0 Å². The third-order valence-electron chi connectivity index (χ3n) is 1.65. The van der Waals surface area contributed by atoms with Crippen LogP contribution in [0.3, 0.4) is 0 Å². The summed E-state index contributed by atoms with van der Waals surface area (Å²) in [6.45, 7) is 1.88. The minimum atomic E-state index is -0.920. The first kappa shape index (κ1) is 11.6. The summed E-state index contributed by atoms with van der Waals surface area (Å²) < 4.78 is 35.8. The molecule has 0 aromatic heterocycles. The molecule has 0 aliphatic carbocycles. The molecule has 0 aliphatic heterocycles. The van der Waals surface area contributed by atoms with Crippen molar-refractivity contribution in [3.05, 3.63) is 29.3 Å². The Morgan fingerprint density at radius 2 is 1.93 bits per heavy atom. The summed E-state index contributed by atoms with van der Waals surface area (Å²) in [4.78, 5) is 10.3. The molecule has 1 rings (SSSR count). The van der Waals surface area contributed by atoms with Gasteiger partial charge in [-0.2, -0.15) is 0 Å². The molecule has 0 amide bonds. The van der Waals surface area contributed by atoms with Gasteiger partial charge in [-0.25, -0.2) is 8.78 Å². The fourth-order valence-corrected chi connectivity index (χ4v) is 0.969. The van der Waals surface area contributed by atoms with E-state index in [1.165, 1.54) is 0 Å². The number of aldehydes is 1. The van der Waals surface area contributed by atoms with E-state index in [0.29, 0.717) is 12.9 Å². The van der Waals surface area contributed by atoms with Crippen LogP contribution in [-0.4, -0.2) is 19.7 Å². The molecule has 5 heteroatoms. The van der Waals surface area contributed by atoms with E-state index in [0.717, 1.165) is 12.1 Å². The van der Waals surface area contributed by atoms with Crippen molar-refractivity contribution < 1.29 is 23.0 Å². The molecule has 0 spiro atoms. The molecule has 0 N–H and O–H groups in total. The Morgan fingerprint density at radius 3 is 2.40 bits per heavy atom. The first-order valence-corrected chi connectivity index (χ1v) is 4.33. The first-order chi connectivity index (χ1) is 7.19. The lowest BCUT2D eigenvalue weighted by Crippen LogP contribution is -2.05. The predicted molar refractivity (Wildman–Crippen MR) is 48.9 cm³/mol. The van der Waals surface area contributed by atoms with Crippen LogP contribution in [0.15, 0.2) is 12.1 Å². The average molecular weight is 216 g/mol. The Labute approximate surface area is 85.6 Å². The molecule has 0 bridgehead atoms. The van der Waals surface area contributed by atoms with Crippen molar-refractivity contribution in [2.24, 2.45) is 0 Å². The highest BCUT2D eigenvalue weighted by atomic mass is 19.1. The van der Waals surface area contributed by atoms with Crippen LogP contribution in [0.2, 0.25) is 0 Å². The maximum Gasteiger partial charge on any atom is 0.193 e. The SMILES string of the molecule is CCOCOc1c(F)cc(C=O)cc1F. The lowest BCUT2D eigenvalue weighted by atomic mass is 10.2. The van der Waals surface area contributed by atoms with E-state index >= 15 is 0 Å². The fourth-order valence-electron chi connectivity index (χ4n) is 0.969. The highest BCUT2D eigenvalue weighted by Gasteiger charge is 2.12. The largest absolute Gasteiger partial charge is 0.461 e. The van der Waals surface area contributed by atoms with Gasteiger partial charge >= 0.3 is 0 Å². The van der Waals surface area contributed by atoms with Crippen LogP contribution in [0, 0.1) is 11.6 Å². The van der Waals surface area contributed by atoms with Gasteiger partial charge in [0.05, 0.1) is 0 Å². The summed E-state index contributed by atoms with van der Waals surface area (Å²) >= 11 is 0. The Hall–Kier alpha value is -1.49. The molecule has 0 atom stereocenters. The van der Waals surface area contributed by atoms with Gasteiger partial charge in [0.15, 0.2) is 24.2 Å². The normalized spacial score (nSPS) is 10.1. The van der Waals surface area contributed by atoms with Crippen molar-refractivity contribution in [3.8, 4) is 5.75 Å². The maximum atomic E-state index is 13.1. The van der Waals surface area contributed by atoms with Crippen LogP contribution < -0.4 is 4.74 Å². The molecule has 82 valence electrons. The summed E-state index contributed by atoms with van der Waals surface area (Å²) in [6.07, 6.45) is 0.360. The quantitative estimate of drug-likeness (QED) is 0.429. The van der Waals surface area contributed by atoms with Crippen molar-refractivity contribution in [3.63, 3.8) is 0 Å². The van der Waals surface area contributed by atoms with Gasteiger partial charge in [0, 0.05) is 12.2 Å². The molecule has 15 heavy (non-hydrogen) atoms. The summed E-state index contributed by atoms with van der Waals surface area (Å²) in [5, 5.41) is 0. The van der Waals surface area contributed by atoms with E-state index in [-0.39, 0.29) is 12.4 Å². The van der Waals surface area contributed by atoms with Crippen LogP contribution in [-0.2, 0) is 4.74 Å². The third kappa shape index (κ3) is 2.99. The molecular formula is C10H10F2O3. The molecular weight excluding hydrogens is 206 g/mol. The highest BCUT2D eigenvalue weighted by molar-refractivity contribution is 5.75. The third-order valence-corrected chi connectivity index (χ3v) is 1.65. The Morgan fingerprint density at radius 1 is 1.33 bits per heavy atom. The maximum absolute atomic E-state index is 13.1. The second-order valence-corrected chi connectivity index (χ2v) is 2.69. The van der Waals surface area contributed by atoms with Crippen LogP contribution in [0.25, 0.3) is 0 Å². The van der Waals surface area contributed by atoms with Gasteiger partial charge in [-0.3, -0.25) is 4.79 Å². The van der Waals surface area contributed by atoms with Crippen LogP contribution >= 0.6 is 0 Å². The molecule has 0 saturated carbocycles. The van der Waals surface area contributed by atoms with E-state index in [9.17, 15) is 13.6 Å². The average Bonchev–Trinajstić information content (AvgIpc) is 2.22. The van der Waals surface area contributed by atoms with E-state index in [4.69, 9.17) is 9.47 Å². The molecule has 1 aromatic rings. The number of halogens is 2. The first-order valence-electron chi connectivity index (χ1n) is 4.33. The number of benzene rings is 1. The van der Waals surface area contributed by atoms with Gasteiger partial charge in [0.2, 0.25) is 0 Å². The lowest BCUT2D eigenvalue weighted by molar-refractivity contribution is 0.0176. The Bertz CT molecular complexity index is 330. The highest BCUT2D eigenvalue weighted by Crippen LogP contribution is 2.22. The molecule has 0 unspecified atom stereocenters. The van der Waals surface area contributed by atoms with Gasteiger partial charge < -0.3 is 9.47 Å². The fraction of sp³-hybridized carbons (Fsp3) is 0.300. The molecule has 0 heterocycles. The monoisotopic (exact) mass is 216 g/mol. The Balaban J connectivity index is 2.83. The number of carbonyl (C=O) groups excluding carboxylic acids is 1. The van der Waals surface area contributed by atoms with Gasteiger partial charge in [0.25, 0.3) is 0 Å². The number of ether oxygens (including phenoxy) is 2. The van der Waals surface area contributed by atoms with Crippen molar-refractivity contribution in [1.29, 1.82) is 0 Å². The van der Waals surface area contributed by atoms with Crippen LogP contribution in [0.4, 0.5) is 8.78 Å². The van der Waals surface area contributed by atoms with Crippen LogP contribution in [0.1, 0.15) is 17.3 Å². The smallest absolute Gasteiger partial charge is 0.193 e. The second-order valence-electron chi connectivity index (χ2n) is 2.69. The van der Waals surface area contributed by atoms with Crippen molar-refractivity contribution in [1.82, 2.24) is 0 Å². The minimum absolute atomic E-state index is 0.0752. The second kappa shape index (κ2) is 5.41. The molecule has 1 aromatic carbocycles. The summed E-state index contributed by atoms with van der Waals surface area (Å²) in [5.74, 6) is -2.37.